The molecule has 9 nitrogen and oxygen atoms in total. The molecule has 0 aromatic heterocycles. The number of nitrogens with zero attached hydrogens (tertiary/aromatic N) is 3. The normalized spacial score (nSPS) is 16.3. The SMILES string of the molecule is O=C(Nc1cccc(C(F)(F)F)c1)N1CCCN(c2ccc(NS(=O)(=O)c3ccccc3)cc2C(=O)N2CCCCC2)CC1. The van der Waals surface area contributed by atoms with Crippen LogP contribution in [0.1, 0.15) is 41.6 Å². The molecule has 5 rings (SSSR count). The molecule has 2 aliphatic heterocycles. The zero-order valence-electron chi connectivity index (χ0n) is 24.0. The maximum Gasteiger partial charge on any atom is 0.416 e. The Balaban J connectivity index is 1.35. The van der Waals surface area contributed by atoms with Crippen LogP contribution in [0.2, 0.25) is 0 Å². The second-order valence-corrected chi connectivity index (χ2v) is 12.5. The summed E-state index contributed by atoms with van der Waals surface area (Å²) in [5.74, 6) is -0.191. The quantitative estimate of drug-likeness (QED) is 0.355. The topological polar surface area (TPSA) is 102 Å². The Hall–Kier alpha value is -4.26. The van der Waals surface area contributed by atoms with Crippen molar-refractivity contribution < 1.29 is 31.2 Å². The number of carbonyl (C=O) groups is 2. The van der Waals surface area contributed by atoms with Crippen LogP contribution in [0.3, 0.4) is 0 Å². The van der Waals surface area contributed by atoms with Gasteiger partial charge in [0.2, 0.25) is 0 Å². The van der Waals surface area contributed by atoms with Crippen LogP contribution in [0.25, 0.3) is 0 Å². The average Bonchev–Trinajstić information content (AvgIpc) is 3.28. The van der Waals surface area contributed by atoms with Gasteiger partial charge in [-0.05, 0) is 74.2 Å². The van der Waals surface area contributed by atoms with Crippen molar-refractivity contribution >= 4 is 39.0 Å². The second-order valence-electron chi connectivity index (χ2n) is 10.8. The summed E-state index contributed by atoms with van der Waals surface area (Å²) >= 11 is 0. The number of halogens is 3. The fourth-order valence-electron chi connectivity index (χ4n) is 5.46. The van der Waals surface area contributed by atoms with Gasteiger partial charge in [-0.15, -0.1) is 0 Å². The molecule has 234 valence electrons. The van der Waals surface area contributed by atoms with E-state index in [1.807, 2.05) is 4.90 Å². The van der Waals surface area contributed by atoms with E-state index in [1.54, 1.807) is 41.3 Å². The van der Waals surface area contributed by atoms with E-state index in [4.69, 9.17) is 0 Å². The minimum atomic E-state index is -4.52. The largest absolute Gasteiger partial charge is 0.416 e. The number of nitrogens with one attached hydrogen (secondary N) is 2. The minimum absolute atomic E-state index is 0.0499. The van der Waals surface area contributed by atoms with E-state index in [-0.39, 0.29) is 28.7 Å². The number of alkyl halides is 3. The van der Waals surface area contributed by atoms with Gasteiger partial charge in [0.25, 0.3) is 15.9 Å². The number of anilines is 3. The standard InChI is InChI=1S/C31H34F3N5O4S/c32-31(33,34)23-9-7-10-24(21-23)35-30(41)39-18-8-17-37(19-20-39)28-14-13-25(36-44(42,43)26-11-3-1-4-12-26)22-27(28)29(40)38-15-5-2-6-16-38/h1,3-4,7,9-14,21-22,36H,2,5-6,8,15-20H2,(H,35,41). The number of rotatable bonds is 6. The van der Waals surface area contributed by atoms with Crippen LogP contribution in [-0.2, 0) is 16.2 Å². The molecule has 0 unspecified atom stereocenters. The van der Waals surface area contributed by atoms with Crippen molar-refractivity contribution in [1.82, 2.24) is 9.80 Å². The minimum Gasteiger partial charge on any atom is -0.369 e. The summed E-state index contributed by atoms with van der Waals surface area (Å²) in [6.07, 6.45) is -1.15. The van der Waals surface area contributed by atoms with Crippen LogP contribution < -0.4 is 14.9 Å². The van der Waals surface area contributed by atoms with Crippen LogP contribution in [0.4, 0.5) is 35.0 Å². The number of benzene rings is 3. The summed E-state index contributed by atoms with van der Waals surface area (Å²) < 4.78 is 67.9. The summed E-state index contributed by atoms with van der Waals surface area (Å²) in [6.45, 7) is 2.74. The third-order valence-corrected chi connectivity index (χ3v) is 9.14. The molecular formula is C31H34F3N5O4S. The molecule has 0 saturated carbocycles. The number of amides is 3. The van der Waals surface area contributed by atoms with Crippen molar-refractivity contribution in [2.24, 2.45) is 0 Å². The number of piperidine rings is 1. The van der Waals surface area contributed by atoms with E-state index in [0.717, 1.165) is 31.4 Å². The molecule has 0 aliphatic carbocycles. The van der Waals surface area contributed by atoms with E-state index in [2.05, 4.69) is 10.0 Å². The summed E-state index contributed by atoms with van der Waals surface area (Å²) in [6, 6.07) is 16.8. The monoisotopic (exact) mass is 629 g/mol. The van der Waals surface area contributed by atoms with Crippen LogP contribution >= 0.6 is 0 Å². The van der Waals surface area contributed by atoms with Gasteiger partial charge < -0.3 is 20.0 Å². The molecule has 2 fully saturated rings. The highest BCUT2D eigenvalue weighted by molar-refractivity contribution is 7.92. The highest BCUT2D eigenvalue weighted by Crippen LogP contribution is 2.31. The van der Waals surface area contributed by atoms with Gasteiger partial charge in [-0.1, -0.05) is 24.3 Å². The van der Waals surface area contributed by atoms with Gasteiger partial charge in [0.15, 0.2) is 0 Å². The van der Waals surface area contributed by atoms with E-state index in [0.29, 0.717) is 50.4 Å². The van der Waals surface area contributed by atoms with Crippen molar-refractivity contribution in [2.45, 2.75) is 36.8 Å². The van der Waals surface area contributed by atoms with E-state index >= 15 is 0 Å². The number of likely N-dealkylation sites (tertiary alicyclic amines) is 1. The van der Waals surface area contributed by atoms with Gasteiger partial charge in [-0.2, -0.15) is 13.2 Å². The Morgan fingerprint density at radius 1 is 0.705 bits per heavy atom. The lowest BCUT2D eigenvalue weighted by molar-refractivity contribution is -0.137. The molecule has 3 aromatic rings. The van der Waals surface area contributed by atoms with Crippen LogP contribution in [0.15, 0.2) is 77.7 Å². The first kappa shape index (κ1) is 31.2. The summed E-state index contributed by atoms with van der Waals surface area (Å²) in [7, 11) is -3.88. The van der Waals surface area contributed by atoms with E-state index in [1.165, 1.54) is 29.2 Å². The molecule has 44 heavy (non-hydrogen) atoms. The van der Waals surface area contributed by atoms with Crippen molar-refractivity contribution in [3.63, 3.8) is 0 Å². The Bertz CT molecular complexity index is 1600. The Morgan fingerprint density at radius 3 is 2.16 bits per heavy atom. The van der Waals surface area contributed by atoms with Gasteiger partial charge in [0, 0.05) is 56.3 Å². The molecule has 2 N–H and O–H groups in total. The summed E-state index contributed by atoms with van der Waals surface area (Å²) in [5, 5.41) is 2.56. The van der Waals surface area contributed by atoms with Crippen molar-refractivity contribution in [2.75, 3.05) is 54.2 Å². The first-order valence-electron chi connectivity index (χ1n) is 14.5. The molecule has 3 amide bonds. The van der Waals surface area contributed by atoms with E-state index in [9.17, 15) is 31.2 Å². The van der Waals surface area contributed by atoms with Gasteiger partial charge in [0.1, 0.15) is 0 Å². The van der Waals surface area contributed by atoms with Gasteiger partial charge in [0.05, 0.1) is 16.0 Å². The average molecular weight is 630 g/mol. The number of carbonyl (C=O) groups excluding carboxylic acids is 2. The maximum atomic E-state index is 13.8. The van der Waals surface area contributed by atoms with Gasteiger partial charge >= 0.3 is 12.2 Å². The fourth-order valence-corrected chi connectivity index (χ4v) is 6.54. The Morgan fingerprint density at radius 2 is 1.43 bits per heavy atom. The second kappa shape index (κ2) is 13.2. The van der Waals surface area contributed by atoms with Crippen LogP contribution in [-0.4, -0.2) is 69.4 Å². The molecule has 0 atom stereocenters. The third-order valence-electron chi connectivity index (χ3n) is 7.74. The first-order chi connectivity index (χ1) is 21.0. The van der Waals surface area contributed by atoms with Gasteiger partial charge in [-0.25, -0.2) is 13.2 Å². The molecule has 2 saturated heterocycles. The number of hydrogen-bond donors (Lipinski definition) is 2. The molecule has 2 heterocycles. The first-order valence-corrected chi connectivity index (χ1v) is 16.0. The molecule has 0 bridgehead atoms. The molecule has 3 aromatic carbocycles. The lowest BCUT2D eigenvalue weighted by atomic mass is 10.1. The predicted molar refractivity (Wildman–Crippen MR) is 162 cm³/mol. The maximum absolute atomic E-state index is 13.8. The molecule has 13 heteroatoms. The molecule has 2 aliphatic rings. The van der Waals surface area contributed by atoms with Crippen molar-refractivity contribution in [3.8, 4) is 0 Å². The highest BCUT2D eigenvalue weighted by Gasteiger charge is 2.31. The smallest absolute Gasteiger partial charge is 0.369 e. The lowest BCUT2D eigenvalue weighted by Crippen LogP contribution is -2.39. The molecular weight excluding hydrogens is 595 g/mol. The molecule has 0 radical (unpaired) electrons. The molecule has 0 spiro atoms. The fraction of sp³-hybridized carbons (Fsp3) is 0.355. The zero-order chi connectivity index (χ0) is 31.3. The summed E-state index contributed by atoms with van der Waals surface area (Å²) in [5.41, 5.74) is 0.451. The van der Waals surface area contributed by atoms with Crippen molar-refractivity contribution in [3.05, 3.63) is 83.9 Å². The predicted octanol–water partition coefficient (Wildman–Crippen LogP) is 5.88. The third kappa shape index (κ3) is 7.44. The Labute approximate surface area is 254 Å². The number of hydrogen-bond acceptors (Lipinski definition) is 5. The van der Waals surface area contributed by atoms with Crippen LogP contribution in [0.5, 0.6) is 0 Å². The lowest BCUT2D eigenvalue weighted by Gasteiger charge is -2.30. The number of urea groups is 1. The number of sulfonamides is 1. The zero-order valence-corrected chi connectivity index (χ0v) is 24.8. The van der Waals surface area contributed by atoms with Gasteiger partial charge in [-0.3, -0.25) is 9.52 Å². The highest BCUT2D eigenvalue weighted by atomic mass is 32.2. The summed E-state index contributed by atoms with van der Waals surface area (Å²) in [4.78, 5) is 32.2. The Kier molecular flexibility index (Phi) is 9.33. The van der Waals surface area contributed by atoms with E-state index < -0.39 is 27.8 Å². The van der Waals surface area contributed by atoms with Crippen molar-refractivity contribution in [1.29, 1.82) is 0 Å². The van der Waals surface area contributed by atoms with Crippen LogP contribution in [0, 0.1) is 0 Å².